The number of methoxy groups -OCH3 is 2. The third-order valence-corrected chi connectivity index (χ3v) is 11.4. The van der Waals surface area contributed by atoms with E-state index in [1.165, 1.54) is 14.0 Å². The minimum Gasteiger partial charge on any atom is -0.481 e. The summed E-state index contributed by atoms with van der Waals surface area (Å²) in [5, 5.41) is 13.1. The van der Waals surface area contributed by atoms with E-state index < -0.39 is 17.8 Å². The van der Waals surface area contributed by atoms with Gasteiger partial charge in [-0.25, -0.2) is 4.98 Å². The number of fused-ring (bicyclic) bond motifs is 1. The van der Waals surface area contributed by atoms with Crippen LogP contribution in [0.2, 0.25) is 5.02 Å². The Morgan fingerprint density at radius 3 is 2.44 bits per heavy atom. The fraction of sp³-hybridized carbons (Fsp3) is 0.439. The van der Waals surface area contributed by atoms with Gasteiger partial charge >= 0.3 is 6.18 Å². The molecule has 1 aliphatic carbocycles. The third-order valence-electron chi connectivity index (χ3n) is 11.0. The number of rotatable bonds is 13. The summed E-state index contributed by atoms with van der Waals surface area (Å²) in [4.78, 5) is 38.8. The number of pyridine rings is 3. The molecule has 0 bridgehead atoms. The summed E-state index contributed by atoms with van der Waals surface area (Å²) in [6, 6.07) is 12.1. The lowest BCUT2D eigenvalue weighted by Crippen LogP contribution is -2.44. The number of alkyl halides is 3. The highest BCUT2D eigenvalue weighted by atomic mass is 35.5. The van der Waals surface area contributed by atoms with Gasteiger partial charge in [0.2, 0.25) is 23.6 Å². The van der Waals surface area contributed by atoms with E-state index in [0.29, 0.717) is 91.7 Å². The van der Waals surface area contributed by atoms with Crippen molar-refractivity contribution in [3.63, 3.8) is 0 Å². The molecule has 4 aromatic rings. The van der Waals surface area contributed by atoms with Gasteiger partial charge < -0.3 is 35.6 Å². The number of amides is 2. The van der Waals surface area contributed by atoms with Crippen molar-refractivity contribution in [1.29, 1.82) is 0 Å². The zero-order valence-electron chi connectivity index (χ0n) is 32.1. The predicted octanol–water partition coefficient (Wildman–Crippen LogP) is 6.46. The maximum atomic E-state index is 14.6. The molecule has 302 valence electrons. The number of nitrogens with zero attached hydrogens (tertiary/aromatic N) is 4. The molecule has 0 spiro atoms. The Morgan fingerprint density at radius 1 is 0.965 bits per heavy atom. The molecule has 2 amide bonds. The van der Waals surface area contributed by atoms with Crippen LogP contribution in [0, 0.1) is 0 Å². The van der Waals surface area contributed by atoms with Gasteiger partial charge in [0.1, 0.15) is 5.82 Å². The molecule has 3 aliphatic rings. The number of piperidine rings is 1. The SMILES string of the molecule is COc1nc(-c2ccnc(-c3cccc4c3CC[C@@H]4Nc3nc(OC)c(CNC4CCN(C(C)=O)CC4)cc3C(F)(F)F)c2Cl)ccc1CNC[C@H]1CCC(=O)N1. The monoisotopic (exact) mass is 806 g/mol. The van der Waals surface area contributed by atoms with Gasteiger partial charge in [-0.1, -0.05) is 35.9 Å². The maximum Gasteiger partial charge on any atom is 0.419 e. The van der Waals surface area contributed by atoms with Gasteiger partial charge in [-0.05, 0) is 61.4 Å². The van der Waals surface area contributed by atoms with Gasteiger partial charge in [0, 0.05) is 86.6 Å². The van der Waals surface area contributed by atoms with E-state index in [-0.39, 0.29) is 42.1 Å². The Labute approximate surface area is 334 Å². The quantitative estimate of drug-likeness (QED) is 0.119. The number of carbonyl (C=O) groups excluding carboxylic acids is 2. The first-order valence-electron chi connectivity index (χ1n) is 19.1. The minimum atomic E-state index is -4.68. The molecule has 16 heteroatoms. The molecule has 0 radical (unpaired) electrons. The minimum absolute atomic E-state index is 0.0169. The highest BCUT2D eigenvalue weighted by Gasteiger charge is 2.38. The number of ether oxygens (including phenoxy) is 2. The van der Waals surface area contributed by atoms with Crippen molar-refractivity contribution in [2.24, 2.45) is 0 Å². The van der Waals surface area contributed by atoms with Crippen LogP contribution in [0.25, 0.3) is 22.5 Å². The van der Waals surface area contributed by atoms with Crippen LogP contribution in [-0.4, -0.2) is 77.6 Å². The molecule has 2 aliphatic heterocycles. The van der Waals surface area contributed by atoms with Crippen molar-refractivity contribution in [3.05, 3.63) is 81.5 Å². The molecular formula is C41H46ClF3N8O4. The van der Waals surface area contributed by atoms with Crippen LogP contribution in [0.4, 0.5) is 19.0 Å². The average Bonchev–Trinajstić information content (AvgIpc) is 3.82. The lowest BCUT2D eigenvalue weighted by Gasteiger charge is -2.32. The smallest absolute Gasteiger partial charge is 0.419 e. The summed E-state index contributed by atoms with van der Waals surface area (Å²) in [6.45, 7) is 4.01. The predicted molar refractivity (Wildman–Crippen MR) is 210 cm³/mol. The van der Waals surface area contributed by atoms with Crippen LogP contribution in [0.15, 0.2) is 48.7 Å². The largest absolute Gasteiger partial charge is 0.481 e. The number of hydrogen-bond acceptors (Lipinski definition) is 10. The standard InChI is InChI=1S/C41H46ClF3N8O4/c1-23(54)53-17-14-26(15-18-53)48-21-25-19-32(41(43,44)45)38(52-40(25)57-3)50-33-11-9-28-29(33)5-4-6-30(28)37-36(42)31(13-16-47-37)34-10-7-24(39(51-34)56-2)20-46-22-27-8-12-35(55)49-27/h4-7,10,13,16,19,26-27,33,46,48H,8-9,11-12,14-15,17-18,20-22H2,1-3H3,(H,49,55)(H,50,52)/t27-,33+/m1/s1. The van der Waals surface area contributed by atoms with E-state index in [2.05, 4.69) is 31.2 Å². The Morgan fingerprint density at radius 2 is 1.74 bits per heavy atom. The molecule has 2 fully saturated rings. The molecular weight excluding hydrogens is 761 g/mol. The van der Waals surface area contributed by atoms with Gasteiger partial charge in [0.15, 0.2) is 0 Å². The molecule has 4 N–H and O–H groups in total. The number of carbonyl (C=O) groups is 2. The lowest BCUT2D eigenvalue weighted by atomic mass is 9.98. The molecule has 5 heterocycles. The summed E-state index contributed by atoms with van der Waals surface area (Å²) in [5.74, 6) is 0.331. The van der Waals surface area contributed by atoms with Crippen molar-refractivity contribution >= 4 is 29.2 Å². The number of benzene rings is 1. The summed E-state index contributed by atoms with van der Waals surface area (Å²) in [5.41, 5.74) is 4.62. The third kappa shape index (κ3) is 8.95. The van der Waals surface area contributed by atoms with Crippen LogP contribution in [0.1, 0.15) is 72.9 Å². The Bertz CT molecular complexity index is 2130. The average molecular weight is 807 g/mol. The molecule has 7 rings (SSSR count). The number of anilines is 1. The molecule has 1 aromatic carbocycles. The van der Waals surface area contributed by atoms with Crippen molar-refractivity contribution in [3.8, 4) is 34.3 Å². The topological polar surface area (TPSA) is 143 Å². The normalized spacial score (nSPS) is 18.4. The van der Waals surface area contributed by atoms with E-state index >= 15 is 0 Å². The van der Waals surface area contributed by atoms with Crippen LogP contribution < -0.4 is 30.7 Å². The number of likely N-dealkylation sites (tertiary alicyclic amines) is 1. The van der Waals surface area contributed by atoms with E-state index in [0.717, 1.165) is 34.7 Å². The second-order valence-electron chi connectivity index (χ2n) is 14.6. The first kappa shape index (κ1) is 40.2. The summed E-state index contributed by atoms with van der Waals surface area (Å²) in [6.07, 6.45) is 0.837. The van der Waals surface area contributed by atoms with Gasteiger partial charge in [-0.2, -0.15) is 18.2 Å². The first-order chi connectivity index (χ1) is 27.4. The lowest BCUT2D eigenvalue weighted by molar-refractivity contribution is -0.137. The molecule has 2 atom stereocenters. The van der Waals surface area contributed by atoms with Crippen molar-refractivity contribution in [1.82, 2.24) is 35.8 Å². The zero-order chi connectivity index (χ0) is 40.3. The highest BCUT2D eigenvalue weighted by Crippen LogP contribution is 2.44. The van der Waals surface area contributed by atoms with E-state index in [9.17, 15) is 22.8 Å². The second-order valence-corrected chi connectivity index (χ2v) is 15.0. The van der Waals surface area contributed by atoms with Crippen molar-refractivity contribution in [2.75, 3.05) is 39.2 Å². The Hall–Kier alpha value is -4.99. The van der Waals surface area contributed by atoms with Crippen LogP contribution >= 0.6 is 11.6 Å². The van der Waals surface area contributed by atoms with E-state index in [1.807, 2.05) is 30.3 Å². The summed E-state index contributed by atoms with van der Waals surface area (Å²) < 4.78 is 55.0. The van der Waals surface area contributed by atoms with E-state index in [4.69, 9.17) is 26.1 Å². The Kier molecular flexibility index (Phi) is 12.2. The molecule has 57 heavy (non-hydrogen) atoms. The maximum absolute atomic E-state index is 14.6. The number of hydrogen-bond donors (Lipinski definition) is 4. The fourth-order valence-corrected chi connectivity index (χ4v) is 8.29. The van der Waals surface area contributed by atoms with Crippen molar-refractivity contribution in [2.45, 2.75) is 82.8 Å². The molecule has 0 saturated carbocycles. The number of nitrogens with one attached hydrogen (secondary N) is 4. The van der Waals surface area contributed by atoms with Gasteiger partial charge in [0.25, 0.3) is 0 Å². The molecule has 2 saturated heterocycles. The second kappa shape index (κ2) is 17.2. The zero-order valence-corrected chi connectivity index (χ0v) is 32.8. The molecule has 12 nitrogen and oxygen atoms in total. The first-order valence-corrected chi connectivity index (χ1v) is 19.5. The fourth-order valence-electron chi connectivity index (χ4n) is 7.98. The van der Waals surface area contributed by atoms with Crippen LogP contribution in [0.3, 0.4) is 0 Å². The number of halogens is 4. The summed E-state index contributed by atoms with van der Waals surface area (Å²) >= 11 is 7.09. The Balaban J connectivity index is 1.09. The highest BCUT2D eigenvalue weighted by molar-refractivity contribution is 6.35. The molecule has 0 unspecified atom stereocenters. The van der Waals surface area contributed by atoms with E-state index in [1.54, 1.807) is 24.3 Å². The van der Waals surface area contributed by atoms with Gasteiger partial charge in [-0.15, -0.1) is 0 Å². The molecule has 3 aromatic heterocycles. The van der Waals surface area contributed by atoms with Gasteiger partial charge in [0.05, 0.1) is 42.2 Å². The van der Waals surface area contributed by atoms with Crippen LogP contribution in [-0.2, 0) is 35.3 Å². The van der Waals surface area contributed by atoms with Crippen LogP contribution in [0.5, 0.6) is 11.8 Å². The van der Waals surface area contributed by atoms with Gasteiger partial charge in [-0.3, -0.25) is 14.6 Å². The summed E-state index contributed by atoms with van der Waals surface area (Å²) in [7, 11) is 2.96. The number of aromatic nitrogens is 3. The van der Waals surface area contributed by atoms with Crippen molar-refractivity contribution < 1.29 is 32.2 Å².